The van der Waals surface area contributed by atoms with Gasteiger partial charge in [-0.05, 0) is 6.42 Å². The van der Waals surface area contributed by atoms with Gasteiger partial charge in [-0.15, -0.1) is 0 Å². The highest BCUT2D eigenvalue weighted by Crippen LogP contribution is 2.20. The summed E-state index contributed by atoms with van der Waals surface area (Å²) in [6.07, 6.45) is 0.375. The molecule has 1 fully saturated rings. The molecular weight excluding hydrogens is 306 g/mol. The van der Waals surface area contributed by atoms with Crippen molar-refractivity contribution in [2.24, 2.45) is 0 Å². The van der Waals surface area contributed by atoms with E-state index in [9.17, 15) is 16.8 Å². The Morgan fingerprint density at radius 3 is 2.45 bits per heavy atom. The van der Waals surface area contributed by atoms with Crippen LogP contribution in [-0.2, 0) is 29.3 Å². The van der Waals surface area contributed by atoms with Gasteiger partial charge >= 0.3 is 0 Å². The lowest BCUT2D eigenvalue weighted by atomic mass is 10.3. The van der Waals surface area contributed by atoms with E-state index in [4.69, 9.17) is 9.47 Å². The standard InChI is InChI=1S/C11H23NO6S2/c1-3-12(11-4-8-19(13,14)10-11)20(15,16)9-7-18-6-5-17-2/h11H,3-10H2,1-2H3. The number of rotatable bonds is 9. The molecule has 120 valence electrons. The Bertz CT molecular complexity index is 487. The third kappa shape index (κ3) is 5.28. The maximum atomic E-state index is 12.2. The molecule has 1 heterocycles. The Balaban J connectivity index is 2.55. The molecule has 1 rings (SSSR count). The second-order valence-electron chi connectivity index (χ2n) is 4.68. The monoisotopic (exact) mass is 329 g/mol. The fraction of sp³-hybridized carbons (Fsp3) is 1.00. The molecule has 0 saturated carbocycles. The molecule has 1 aliphatic rings. The summed E-state index contributed by atoms with van der Waals surface area (Å²) in [7, 11) is -5.05. The number of hydrogen-bond acceptors (Lipinski definition) is 6. The SMILES string of the molecule is CCN(C1CCS(=O)(=O)C1)S(=O)(=O)CCOCCOC. The van der Waals surface area contributed by atoms with Gasteiger partial charge in [0.1, 0.15) is 0 Å². The predicted octanol–water partition coefficient (Wildman–Crippen LogP) is -0.512. The average Bonchev–Trinajstić information content (AvgIpc) is 2.69. The zero-order chi connectivity index (χ0) is 15.2. The Hall–Kier alpha value is -0.220. The van der Waals surface area contributed by atoms with Gasteiger partial charge in [0.2, 0.25) is 10.0 Å². The number of ether oxygens (including phenoxy) is 2. The Kier molecular flexibility index (Phi) is 6.86. The first-order valence-electron chi connectivity index (χ1n) is 6.59. The molecule has 0 aromatic rings. The molecule has 0 aliphatic carbocycles. The van der Waals surface area contributed by atoms with Crippen LogP contribution >= 0.6 is 0 Å². The first kappa shape index (κ1) is 17.8. The lowest BCUT2D eigenvalue weighted by Gasteiger charge is -2.25. The zero-order valence-corrected chi connectivity index (χ0v) is 13.6. The molecule has 0 N–H and O–H groups in total. The summed E-state index contributed by atoms with van der Waals surface area (Å²) in [6.45, 7) is 2.84. The summed E-state index contributed by atoms with van der Waals surface area (Å²) in [4.78, 5) is 0. The minimum atomic E-state index is -3.49. The fourth-order valence-electron chi connectivity index (χ4n) is 2.21. The van der Waals surface area contributed by atoms with E-state index in [1.807, 2.05) is 0 Å². The first-order valence-corrected chi connectivity index (χ1v) is 10.0. The number of sulfone groups is 1. The molecule has 0 bridgehead atoms. The third-order valence-electron chi connectivity index (χ3n) is 3.20. The molecule has 1 unspecified atom stereocenters. The Morgan fingerprint density at radius 2 is 1.95 bits per heavy atom. The van der Waals surface area contributed by atoms with Gasteiger partial charge in [-0.3, -0.25) is 0 Å². The van der Waals surface area contributed by atoms with Gasteiger partial charge in [-0.2, -0.15) is 4.31 Å². The predicted molar refractivity (Wildman–Crippen MR) is 75.9 cm³/mol. The molecule has 1 saturated heterocycles. The van der Waals surface area contributed by atoms with Gasteiger partial charge in [0.15, 0.2) is 9.84 Å². The van der Waals surface area contributed by atoms with Crippen molar-refractivity contribution in [2.45, 2.75) is 19.4 Å². The van der Waals surface area contributed by atoms with E-state index in [1.165, 1.54) is 4.31 Å². The van der Waals surface area contributed by atoms with Crippen LogP contribution in [0.3, 0.4) is 0 Å². The highest BCUT2D eigenvalue weighted by molar-refractivity contribution is 7.92. The lowest BCUT2D eigenvalue weighted by molar-refractivity contribution is 0.0781. The van der Waals surface area contributed by atoms with Crippen molar-refractivity contribution < 1.29 is 26.3 Å². The van der Waals surface area contributed by atoms with Crippen LogP contribution in [0.2, 0.25) is 0 Å². The molecule has 0 amide bonds. The number of methoxy groups -OCH3 is 1. The van der Waals surface area contributed by atoms with Crippen molar-refractivity contribution in [3.63, 3.8) is 0 Å². The summed E-state index contributed by atoms with van der Waals surface area (Å²) in [5.74, 6) is -0.153. The topological polar surface area (TPSA) is 90.0 Å². The van der Waals surface area contributed by atoms with Gasteiger partial charge in [0.05, 0.1) is 37.1 Å². The van der Waals surface area contributed by atoms with Crippen LogP contribution in [0.5, 0.6) is 0 Å². The van der Waals surface area contributed by atoms with Gasteiger partial charge in [0.25, 0.3) is 0 Å². The minimum Gasteiger partial charge on any atom is -0.382 e. The Labute approximate surface area is 121 Å². The molecule has 0 spiro atoms. The normalized spacial score (nSPS) is 22.4. The zero-order valence-electron chi connectivity index (χ0n) is 11.9. The summed E-state index contributed by atoms with van der Waals surface area (Å²) < 4.78 is 58.6. The van der Waals surface area contributed by atoms with Gasteiger partial charge in [0, 0.05) is 19.7 Å². The van der Waals surface area contributed by atoms with Crippen LogP contribution in [0.1, 0.15) is 13.3 Å². The van der Waals surface area contributed by atoms with E-state index >= 15 is 0 Å². The average molecular weight is 329 g/mol. The molecule has 9 heteroatoms. The minimum absolute atomic E-state index is 0.0635. The summed E-state index contributed by atoms with van der Waals surface area (Å²) in [5, 5.41) is 0. The Morgan fingerprint density at radius 1 is 1.25 bits per heavy atom. The molecule has 0 aromatic heterocycles. The van der Waals surface area contributed by atoms with Crippen molar-refractivity contribution in [2.75, 3.05) is 50.7 Å². The van der Waals surface area contributed by atoms with E-state index in [-0.39, 0.29) is 30.4 Å². The maximum Gasteiger partial charge on any atom is 0.216 e. The smallest absolute Gasteiger partial charge is 0.216 e. The summed E-state index contributed by atoms with van der Waals surface area (Å²) in [6, 6.07) is -0.436. The third-order valence-corrected chi connectivity index (χ3v) is 6.91. The van der Waals surface area contributed by atoms with Crippen LogP contribution in [-0.4, -0.2) is 77.9 Å². The largest absolute Gasteiger partial charge is 0.382 e. The lowest BCUT2D eigenvalue weighted by Crippen LogP contribution is -2.42. The second-order valence-corrected chi connectivity index (χ2v) is 8.95. The van der Waals surface area contributed by atoms with Crippen LogP contribution in [0.25, 0.3) is 0 Å². The van der Waals surface area contributed by atoms with E-state index < -0.39 is 25.9 Å². The van der Waals surface area contributed by atoms with Crippen LogP contribution < -0.4 is 0 Å². The van der Waals surface area contributed by atoms with Crippen molar-refractivity contribution in [1.82, 2.24) is 4.31 Å². The summed E-state index contributed by atoms with van der Waals surface area (Å²) >= 11 is 0. The van der Waals surface area contributed by atoms with Crippen LogP contribution in [0.4, 0.5) is 0 Å². The van der Waals surface area contributed by atoms with E-state index in [1.54, 1.807) is 14.0 Å². The first-order chi connectivity index (χ1) is 9.32. The van der Waals surface area contributed by atoms with Gasteiger partial charge in [-0.25, -0.2) is 16.8 Å². The molecular formula is C11H23NO6S2. The highest BCUT2D eigenvalue weighted by atomic mass is 32.2. The maximum absolute atomic E-state index is 12.2. The van der Waals surface area contributed by atoms with E-state index in [0.717, 1.165) is 0 Å². The van der Waals surface area contributed by atoms with Crippen molar-refractivity contribution in [1.29, 1.82) is 0 Å². The molecule has 7 nitrogen and oxygen atoms in total. The number of nitrogens with zero attached hydrogens (tertiary/aromatic N) is 1. The molecule has 1 atom stereocenters. The molecule has 1 aliphatic heterocycles. The molecule has 0 aromatic carbocycles. The van der Waals surface area contributed by atoms with Gasteiger partial charge in [-0.1, -0.05) is 6.92 Å². The van der Waals surface area contributed by atoms with Crippen molar-refractivity contribution in [3.05, 3.63) is 0 Å². The summed E-state index contributed by atoms with van der Waals surface area (Å²) in [5.41, 5.74) is 0. The van der Waals surface area contributed by atoms with Crippen molar-refractivity contribution >= 4 is 19.9 Å². The van der Waals surface area contributed by atoms with Gasteiger partial charge < -0.3 is 9.47 Å². The molecule has 20 heavy (non-hydrogen) atoms. The van der Waals surface area contributed by atoms with E-state index in [0.29, 0.717) is 19.6 Å². The quantitative estimate of drug-likeness (QED) is 0.529. The second kappa shape index (κ2) is 7.69. The van der Waals surface area contributed by atoms with E-state index in [2.05, 4.69) is 0 Å². The molecule has 0 radical (unpaired) electrons. The van der Waals surface area contributed by atoms with Crippen LogP contribution in [0, 0.1) is 0 Å². The number of hydrogen-bond donors (Lipinski definition) is 0. The fourth-order valence-corrected chi connectivity index (χ4v) is 5.63. The highest BCUT2D eigenvalue weighted by Gasteiger charge is 2.36. The number of sulfonamides is 1. The van der Waals surface area contributed by atoms with Crippen molar-refractivity contribution in [3.8, 4) is 0 Å². The van der Waals surface area contributed by atoms with Crippen LogP contribution in [0.15, 0.2) is 0 Å².